The number of hydrogen-bond acceptors (Lipinski definition) is 2. The molecule has 2 amide bonds. The average Bonchev–Trinajstić information content (AvgIpc) is 2.12. The molecule has 0 saturated carbocycles. The Morgan fingerprint density at radius 1 is 1.60 bits per heavy atom. The highest BCUT2D eigenvalue weighted by Gasteiger charge is 2.20. The van der Waals surface area contributed by atoms with E-state index in [9.17, 15) is 9.59 Å². The van der Waals surface area contributed by atoms with Gasteiger partial charge in [-0.1, -0.05) is 19.8 Å². The van der Waals surface area contributed by atoms with Crippen LogP contribution in [0.25, 0.3) is 0 Å². The Bertz CT molecular complexity index is 302. The van der Waals surface area contributed by atoms with Gasteiger partial charge in [-0.2, -0.15) is 4.99 Å². The van der Waals surface area contributed by atoms with Crippen LogP contribution in [-0.4, -0.2) is 29.4 Å². The number of carbonyl (C=O) groups excluding carboxylic acids is 1. The average molecular weight is 210 g/mol. The van der Waals surface area contributed by atoms with E-state index in [2.05, 4.69) is 10.3 Å². The van der Waals surface area contributed by atoms with Gasteiger partial charge in [0.15, 0.2) is 0 Å². The van der Waals surface area contributed by atoms with Crippen LogP contribution in [0.3, 0.4) is 0 Å². The molecule has 82 valence electrons. The summed E-state index contributed by atoms with van der Waals surface area (Å²) in [5, 5.41) is 11.0. The van der Waals surface area contributed by atoms with Gasteiger partial charge < -0.3 is 10.4 Å². The first-order valence-electron chi connectivity index (χ1n) is 4.49. The molecule has 0 aliphatic carbocycles. The van der Waals surface area contributed by atoms with E-state index in [1.807, 2.05) is 19.8 Å². The summed E-state index contributed by atoms with van der Waals surface area (Å²) < 4.78 is 0. The lowest BCUT2D eigenvalue weighted by atomic mass is 10.0. The first kappa shape index (κ1) is 13.2. The lowest BCUT2D eigenvalue weighted by Crippen LogP contribution is -2.40. The molecule has 0 saturated heterocycles. The van der Waals surface area contributed by atoms with Crippen molar-refractivity contribution in [1.82, 2.24) is 5.32 Å². The molecule has 0 rings (SSSR count). The number of urea groups is 1. The molecule has 0 heterocycles. The highest BCUT2D eigenvalue weighted by atomic mass is 16.4. The number of carboxylic acids is 1. The van der Waals surface area contributed by atoms with Crippen molar-refractivity contribution in [2.24, 2.45) is 10.9 Å². The van der Waals surface area contributed by atoms with E-state index in [-0.39, 0.29) is 5.92 Å². The number of nitrogens with one attached hydrogen (secondary N) is 1. The molecule has 0 aromatic rings. The fourth-order valence-corrected chi connectivity index (χ4v) is 0.975. The third kappa shape index (κ3) is 6.27. The Morgan fingerprint density at radius 3 is 2.60 bits per heavy atom. The third-order valence-corrected chi connectivity index (χ3v) is 1.56. The van der Waals surface area contributed by atoms with E-state index in [0.29, 0.717) is 6.42 Å². The molecule has 5 heteroatoms. The van der Waals surface area contributed by atoms with Gasteiger partial charge in [0.05, 0.1) is 6.21 Å². The standard InChI is InChI=1S/C10H14N2O3/c1-4-5-11-10(15)12-8(9(13)14)6-7(2)3/h1,5,7-8H,6H2,2-3H3,(H,12,15)(H,13,14). The minimum Gasteiger partial charge on any atom is -0.480 e. The molecule has 0 radical (unpaired) electrons. The molecule has 0 fully saturated rings. The molecule has 0 aliphatic rings. The number of rotatable bonds is 4. The SMILES string of the molecule is C#CC=NC(=O)NC(CC(C)C)C(=O)O. The van der Waals surface area contributed by atoms with E-state index < -0.39 is 18.0 Å². The van der Waals surface area contributed by atoms with Crippen LogP contribution in [0.2, 0.25) is 0 Å². The molecule has 15 heavy (non-hydrogen) atoms. The molecular formula is C10H14N2O3. The Balaban J connectivity index is 4.30. The van der Waals surface area contributed by atoms with E-state index in [1.54, 1.807) is 0 Å². The Hall–Kier alpha value is -1.83. The second-order valence-corrected chi connectivity index (χ2v) is 3.39. The summed E-state index contributed by atoms with van der Waals surface area (Å²) >= 11 is 0. The van der Waals surface area contributed by atoms with Gasteiger partial charge in [0.2, 0.25) is 0 Å². The van der Waals surface area contributed by atoms with Crippen LogP contribution < -0.4 is 5.32 Å². The summed E-state index contributed by atoms with van der Waals surface area (Å²) in [5.41, 5.74) is 0. The Morgan fingerprint density at radius 2 is 2.20 bits per heavy atom. The van der Waals surface area contributed by atoms with Crippen molar-refractivity contribution < 1.29 is 14.7 Å². The van der Waals surface area contributed by atoms with Gasteiger partial charge in [0.1, 0.15) is 6.04 Å². The summed E-state index contributed by atoms with van der Waals surface area (Å²) in [5.74, 6) is 1.14. The largest absolute Gasteiger partial charge is 0.480 e. The van der Waals surface area contributed by atoms with Crippen LogP contribution >= 0.6 is 0 Å². The summed E-state index contributed by atoms with van der Waals surface area (Å²) in [6.07, 6.45) is 6.18. The van der Waals surface area contributed by atoms with Gasteiger partial charge in [0.25, 0.3) is 0 Å². The van der Waals surface area contributed by atoms with Crippen molar-refractivity contribution in [2.45, 2.75) is 26.3 Å². The number of carbonyl (C=O) groups is 2. The zero-order valence-electron chi connectivity index (χ0n) is 8.73. The molecule has 1 atom stereocenters. The second kappa shape index (κ2) is 6.60. The number of aliphatic carboxylic acids is 1. The van der Waals surface area contributed by atoms with Crippen molar-refractivity contribution in [1.29, 1.82) is 0 Å². The minimum atomic E-state index is -1.08. The fraction of sp³-hybridized carbons (Fsp3) is 0.500. The van der Waals surface area contributed by atoms with Gasteiger partial charge in [-0.25, -0.2) is 9.59 Å². The lowest BCUT2D eigenvalue weighted by molar-refractivity contribution is -0.139. The van der Waals surface area contributed by atoms with Crippen LogP contribution in [0, 0.1) is 18.3 Å². The Labute approximate surface area is 88.6 Å². The Kier molecular flexibility index (Phi) is 5.79. The number of amides is 2. The molecule has 0 bridgehead atoms. The van der Waals surface area contributed by atoms with Crippen molar-refractivity contribution in [2.75, 3.05) is 0 Å². The number of hydrogen-bond donors (Lipinski definition) is 2. The van der Waals surface area contributed by atoms with Crippen LogP contribution in [0.1, 0.15) is 20.3 Å². The molecule has 0 aromatic heterocycles. The zero-order chi connectivity index (χ0) is 11.8. The second-order valence-electron chi connectivity index (χ2n) is 3.39. The molecular weight excluding hydrogens is 196 g/mol. The maximum atomic E-state index is 11.0. The van der Waals surface area contributed by atoms with Crippen LogP contribution in [0.5, 0.6) is 0 Å². The first-order valence-corrected chi connectivity index (χ1v) is 4.49. The third-order valence-electron chi connectivity index (χ3n) is 1.56. The maximum absolute atomic E-state index is 11.0. The predicted octanol–water partition coefficient (Wildman–Crippen LogP) is 0.899. The smallest absolute Gasteiger partial charge is 0.342 e. The highest BCUT2D eigenvalue weighted by Crippen LogP contribution is 2.04. The van der Waals surface area contributed by atoms with E-state index >= 15 is 0 Å². The quantitative estimate of drug-likeness (QED) is 0.534. The van der Waals surface area contributed by atoms with Gasteiger partial charge in [-0.05, 0) is 12.3 Å². The number of terminal acetylenes is 1. The van der Waals surface area contributed by atoms with Crippen LogP contribution in [0.4, 0.5) is 4.79 Å². The van der Waals surface area contributed by atoms with Crippen molar-refractivity contribution in [3.63, 3.8) is 0 Å². The van der Waals surface area contributed by atoms with Gasteiger partial charge in [-0.15, -0.1) is 6.42 Å². The number of nitrogens with zero attached hydrogens (tertiary/aromatic N) is 1. The minimum absolute atomic E-state index is 0.169. The summed E-state index contributed by atoms with van der Waals surface area (Å²) in [6.45, 7) is 3.74. The van der Waals surface area contributed by atoms with Crippen molar-refractivity contribution in [3.8, 4) is 12.3 Å². The maximum Gasteiger partial charge on any atom is 0.342 e. The lowest BCUT2D eigenvalue weighted by Gasteiger charge is -2.14. The molecule has 0 aliphatic heterocycles. The van der Waals surface area contributed by atoms with E-state index in [4.69, 9.17) is 11.5 Å². The monoisotopic (exact) mass is 210 g/mol. The van der Waals surface area contributed by atoms with E-state index in [1.165, 1.54) is 0 Å². The van der Waals surface area contributed by atoms with Gasteiger partial charge >= 0.3 is 12.0 Å². The van der Waals surface area contributed by atoms with Crippen LogP contribution in [0.15, 0.2) is 4.99 Å². The highest BCUT2D eigenvalue weighted by molar-refractivity contribution is 5.92. The fourth-order valence-electron chi connectivity index (χ4n) is 0.975. The predicted molar refractivity (Wildman–Crippen MR) is 56.7 cm³/mol. The van der Waals surface area contributed by atoms with E-state index in [0.717, 1.165) is 6.21 Å². The summed E-state index contributed by atoms with van der Waals surface area (Å²) in [7, 11) is 0. The molecule has 5 nitrogen and oxygen atoms in total. The van der Waals surface area contributed by atoms with Crippen molar-refractivity contribution >= 4 is 18.2 Å². The molecule has 2 N–H and O–H groups in total. The summed E-state index contributed by atoms with van der Waals surface area (Å²) in [4.78, 5) is 25.1. The van der Waals surface area contributed by atoms with Crippen LogP contribution in [-0.2, 0) is 4.79 Å². The topological polar surface area (TPSA) is 78.8 Å². The summed E-state index contributed by atoms with van der Waals surface area (Å²) in [6, 6.07) is -1.66. The molecule has 0 spiro atoms. The first-order chi connectivity index (χ1) is 6.97. The normalized spacial score (nSPS) is 12.4. The molecule has 0 aromatic carbocycles. The number of carboxylic acid groups (broad SMARTS) is 1. The number of aliphatic imine (C=N–C) groups is 1. The zero-order valence-corrected chi connectivity index (χ0v) is 8.73. The van der Waals surface area contributed by atoms with Gasteiger partial charge in [0, 0.05) is 0 Å². The van der Waals surface area contributed by atoms with Crippen molar-refractivity contribution in [3.05, 3.63) is 0 Å². The van der Waals surface area contributed by atoms with Gasteiger partial charge in [-0.3, -0.25) is 0 Å². The molecule has 1 unspecified atom stereocenters.